The standard InChI is InChI=1S/C17H15FN2O4/c1-24-15-5-3-2-4-13(15)20(23)14-10-16(21)19(17(14)22)12-8-6-11(18)7-9-12/h2-9,14,23H,10H2,1H3/t14-/m1/s1. The second-order valence-electron chi connectivity index (χ2n) is 5.28. The Morgan fingerprint density at radius 2 is 1.83 bits per heavy atom. The molecule has 1 heterocycles. The molecule has 24 heavy (non-hydrogen) atoms. The molecule has 2 amide bonds. The molecule has 0 radical (unpaired) electrons. The van der Waals surface area contributed by atoms with Gasteiger partial charge in [0.1, 0.15) is 23.3 Å². The summed E-state index contributed by atoms with van der Waals surface area (Å²) in [6, 6.07) is 10.6. The molecule has 1 N–H and O–H groups in total. The van der Waals surface area contributed by atoms with Crippen molar-refractivity contribution in [3.8, 4) is 5.75 Å². The summed E-state index contributed by atoms with van der Waals surface area (Å²) in [6.07, 6.45) is -0.190. The molecule has 6 nitrogen and oxygen atoms in total. The van der Waals surface area contributed by atoms with Crippen LogP contribution >= 0.6 is 0 Å². The SMILES string of the molecule is COc1ccccc1N(O)[C@@H]1CC(=O)N(c2ccc(F)cc2)C1=O. The Morgan fingerprint density at radius 3 is 2.50 bits per heavy atom. The van der Waals surface area contributed by atoms with Crippen molar-refractivity contribution >= 4 is 23.2 Å². The highest BCUT2D eigenvalue weighted by atomic mass is 19.1. The lowest BCUT2D eigenvalue weighted by molar-refractivity contribution is -0.121. The summed E-state index contributed by atoms with van der Waals surface area (Å²) in [5.41, 5.74) is 0.550. The third-order valence-electron chi connectivity index (χ3n) is 3.83. The molecule has 1 atom stereocenters. The molecule has 0 saturated carbocycles. The first-order valence-corrected chi connectivity index (χ1v) is 7.26. The lowest BCUT2D eigenvalue weighted by atomic mass is 10.2. The molecule has 0 bridgehead atoms. The van der Waals surface area contributed by atoms with Crippen molar-refractivity contribution in [1.29, 1.82) is 0 Å². The fourth-order valence-corrected chi connectivity index (χ4v) is 2.66. The minimum atomic E-state index is -1.07. The molecule has 1 saturated heterocycles. The molecule has 7 heteroatoms. The van der Waals surface area contributed by atoms with E-state index >= 15 is 0 Å². The number of amides is 2. The Labute approximate surface area is 137 Å². The maximum atomic E-state index is 13.0. The van der Waals surface area contributed by atoms with Crippen molar-refractivity contribution in [1.82, 2.24) is 0 Å². The van der Waals surface area contributed by atoms with Crippen LogP contribution < -0.4 is 14.7 Å². The van der Waals surface area contributed by atoms with Crippen molar-refractivity contribution < 1.29 is 23.9 Å². The van der Waals surface area contributed by atoms with Crippen LogP contribution in [-0.4, -0.2) is 30.2 Å². The van der Waals surface area contributed by atoms with Crippen LogP contribution in [0.2, 0.25) is 0 Å². The predicted octanol–water partition coefficient (Wildman–Crippen LogP) is 2.36. The fourth-order valence-electron chi connectivity index (χ4n) is 2.66. The van der Waals surface area contributed by atoms with E-state index < -0.39 is 23.7 Å². The summed E-state index contributed by atoms with van der Waals surface area (Å²) in [5.74, 6) is -1.14. The minimum absolute atomic E-state index is 0.190. The normalized spacial score (nSPS) is 17.3. The zero-order chi connectivity index (χ0) is 17.3. The second-order valence-corrected chi connectivity index (χ2v) is 5.28. The van der Waals surface area contributed by atoms with E-state index in [9.17, 15) is 19.2 Å². The van der Waals surface area contributed by atoms with E-state index in [-0.39, 0.29) is 17.8 Å². The molecule has 3 rings (SSSR count). The van der Waals surface area contributed by atoms with Crippen LogP contribution in [0.3, 0.4) is 0 Å². The second kappa shape index (κ2) is 6.29. The molecular formula is C17H15FN2O4. The van der Waals surface area contributed by atoms with Crippen LogP contribution in [0.15, 0.2) is 48.5 Å². The largest absolute Gasteiger partial charge is 0.494 e. The zero-order valence-corrected chi connectivity index (χ0v) is 12.8. The van der Waals surface area contributed by atoms with Gasteiger partial charge in [-0.05, 0) is 36.4 Å². The van der Waals surface area contributed by atoms with Crippen molar-refractivity contribution in [3.63, 3.8) is 0 Å². The average molecular weight is 330 g/mol. The topological polar surface area (TPSA) is 70.1 Å². The van der Waals surface area contributed by atoms with Gasteiger partial charge in [-0.3, -0.25) is 14.8 Å². The summed E-state index contributed by atoms with van der Waals surface area (Å²) >= 11 is 0. The highest BCUT2D eigenvalue weighted by Gasteiger charge is 2.43. The van der Waals surface area contributed by atoms with Crippen molar-refractivity contribution in [2.45, 2.75) is 12.5 Å². The van der Waals surface area contributed by atoms with E-state index in [0.29, 0.717) is 5.75 Å². The summed E-state index contributed by atoms with van der Waals surface area (Å²) in [5, 5.41) is 11.2. The van der Waals surface area contributed by atoms with Crippen LogP contribution in [-0.2, 0) is 9.59 Å². The number of hydrogen-bond donors (Lipinski definition) is 1. The molecule has 1 aliphatic rings. The van der Waals surface area contributed by atoms with Gasteiger partial charge in [-0.15, -0.1) is 0 Å². The number of rotatable bonds is 4. The van der Waals surface area contributed by atoms with E-state index in [1.165, 1.54) is 31.4 Å². The number of carbonyl (C=O) groups is 2. The minimum Gasteiger partial charge on any atom is -0.494 e. The van der Waals surface area contributed by atoms with Gasteiger partial charge in [0.2, 0.25) is 5.91 Å². The summed E-state index contributed by atoms with van der Waals surface area (Å²) in [6.45, 7) is 0. The number of methoxy groups -OCH3 is 1. The van der Waals surface area contributed by atoms with Crippen LogP contribution in [0.25, 0.3) is 0 Å². The molecular weight excluding hydrogens is 315 g/mol. The van der Waals surface area contributed by atoms with E-state index in [1.807, 2.05) is 0 Å². The monoisotopic (exact) mass is 330 g/mol. The lowest BCUT2D eigenvalue weighted by Crippen LogP contribution is -2.40. The Kier molecular flexibility index (Phi) is 4.18. The lowest BCUT2D eigenvalue weighted by Gasteiger charge is -2.24. The zero-order valence-electron chi connectivity index (χ0n) is 12.8. The van der Waals surface area contributed by atoms with E-state index in [0.717, 1.165) is 9.96 Å². The van der Waals surface area contributed by atoms with Crippen LogP contribution in [0, 0.1) is 5.82 Å². The third kappa shape index (κ3) is 2.69. The number of ether oxygens (including phenoxy) is 1. The van der Waals surface area contributed by atoms with Gasteiger partial charge in [0, 0.05) is 0 Å². The summed E-state index contributed by atoms with van der Waals surface area (Å²) < 4.78 is 18.2. The highest BCUT2D eigenvalue weighted by molar-refractivity contribution is 6.23. The first-order valence-electron chi connectivity index (χ1n) is 7.26. The number of carbonyl (C=O) groups excluding carboxylic acids is 2. The molecule has 0 unspecified atom stereocenters. The first kappa shape index (κ1) is 15.9. The van der Waals surface area contributed by atoms with Gasteiger partial charge in [0.05, 0.1) is 19.2 Å². The number of hydrogen-bond acceptors (Lipinski definition) is 5. The van der Waals surface area contributed by atoms with Gasteiger partial charge < -0.3 is 4.74 Å². The molecule has 1 fully saturated rings. The number of halogens is 1. The third-order valence-corrected chi connectivity index (χ3v) is 3.83. The molecule has 0 aromatic heterocycles. The Hall–Kier alpha value is -2.93. The number of benzene rings is 2. The molecule has 2 aromatic carbocycles. The van der Waals surface area contributed by atoms with Crippen LogP contribution in [0.1, 0.15) is 6.42 Å². The fraction of sp³-hybridized carbons (Fsp3) is 0.176. The number of anilines is 2. The van der Waals surface area contributed by atoms with E-state index in [2.05, 4.69) is 0 Å². The highest BCUT2D eigenvalue weighted by Crippen LogP contribution is 2.32. The van der Waals surface area contributed by atoms with Gasteiger partial charge in [0.15, 0.2) is 0 Å². The number of hydroxylamine groups is 1. The van der Waals surface area contributed by atoms with E-state index in [4.69, 9.17) is 4.74 Å². The first-order chi connectivity index (χ1) is 11.5. The van der Waals surface area contributed by atoms with Gasteiger partial charge >= 0.3 is 0 Å². The summed E-state index contributed by atoms with van der Waals surface area (Å²) in [4.78, 5) is 25.7. The Balaban J connectivity index is 1.89. The predicted molar refractivity (Wildman–Crippen MR) is 84.6 cm³/mol. The Bertz CT molecular complexity index is 778. The molecule has 1 aliphatic heterocycles. The van der Waals surface area contributed by atoms with Gasteiger partial charge in [-0.25, -0.2) is 14.4 Å². The number of para-hydroxylation sites is 2. The smallest absolute Gasteiger partial charge is 0.259 e. The summed E-state index contributed by atoms with van der Waals surface area (Å²) in [7, 11) is 1.44. The molecule has 0 spiro atoms. The quantitative estimate of drug-likeness (QED) is 0.688. The van der Waals surface area contributed by atoms with Crippen molar-refractivity contribution in [2.75, 3.05) is 17.1 Å². The maximum Gasteiger partial charge on any atom is 0.259 e. The van der Waals surface area contributed by atoms with Gasteiger partial charge in [0.25, 0.3) is 5.91 Å². The van der Waals surface area contributed by atoms with E-state index in [1.54, 1.807) is 24.3 Å². The number of nitrogens with zero attached hydrogens (tertiary/aromatic N) is 2. The number of imide groups is 1. The average Bonchev–Trinajstić information content (AvgIpc) is 2.89. The van der Waals surface area contributed by atoms with Gasteiger partial charge in [-0.2, -0.15) is 0 Å². The molecule has 124 valence electrons. The van der Waals surface area contributed by atoms with Gasteiger partial charge in [-0.1, -0.05) is 12.1 Å². The van der Waals surface area contributed by atoms with Crippen molar-refractivity contribution in [2.24, 2.45) is 0 Å². The maximum absolute atomic E-state index is 13.0. The van der Waals surface area contributed by atoms with Crippen LogP contribution in [0.4, 0.5) is 15.8 Å². The molecule has 0 aliphatic carbocycles. The Morgan fingerprint density at radius 1 is 1.17 bits per heavy atom. The molecule has 2 aromatic rings. The van der Waals surface area contributed by atoms with Crippen molar-refractivity contribution in [3.05, 3.63) is 54.3 Å². The van der Waals surface area contributed by atoms with Crippen LogP contribution in [0.5, 0.6) is 5.75 Å².